The second-order valence-corrected chi connectivity index (χ2v) is 6.39. The molecule has 2 aromatic carbocycles. The van der Waals surface area contributed by atoms with Crippen molar-refractivity contribution in [2.45, 2.75) is 4.90 Å². The number of carbonyl (C=O) groups excluding carboxylic acids is 1. The predicted molar refractivity (Wildman–Crippen MR) is 73.9 cm³/mol. The van der Waals surface area contributed by atoms with E-state index in [0.29, 0.717) is 0 Å². The molecule has 1 amide bonds. The molecule has 0 atom stereocenters. The van der Waals surface area contributed by atoms with E-state index in [2.05, 4.69) is 5.32 Å². The average Bonchev–Trinajstić information content (AvgIpc) is 2.42. The Morgan fingerprint density at radius 1 is 1.10 bits per heavy atom. The van der Waals surface area contributed by atoms with Crippen LogP contribution in [0.15, 0.2) is 47.4 Å². The summed E-state index contributed by atoms with van der Waals surface area (Å²) in [4.78, 5) is 11.9. The summed E-state index contributed by atoms with van der Waals surface area (Å²) in [6.45, 7) is 0. The molecule has 0 bridgehead atoms. The van der Waals surface area contributed by atoms with Gasteiger partial charge < -0.3 is 5.32 Å². The van der Waals surface area contributed by atoms with E-state index in [0.717, 1.165) is 24.5 Å². The molecule has 0 unspecified atom stereocenters. The van der Waals surface area contributed by atoms with Crippen LogP contribution in [0, 0.1) is 11.6 Å². The topological polar surface area (TPSA) is 63.2 Å². The van der Waals surface area contributed by atoms with E-state index in [9.17, 15) is 22.0 Å². The lowest BCUT2D eigenvalue weighted by molar-refractivity contribution is 0.102. The first-order chi connectivity index (χ1) is 9.77. The van der Waals surface area contributed by atoms with Crippen LogP contribution in [0.2, 0.25) is 0 Å². The number of nitrogens with one attached hydrogen (secondary N) is 1. The lowest BCUT2D eigenvalue weighted by Gasteiger charge is -2.07. The van der Waals surface area contributed by atoms with E-state index >= 15 is 0 Å². The van der Waals surface area contributed by atoms with Crippen LogP contribution in [-0.4, -0.2) is 20.6 Å². The molecular weight excluding hydrogens is 300 g/mol. The molecule has 0 radical (unpaired) electrons. The Morgan fingerprint density at radius 2 is 1.81 bits per heavy atom. The fraction of sp³-hybridized carbons (Fsp3) is 0.0714. The van der Waals surface area contributed by atoms with Gasteiger partial charge in [0, 0.05) is 17.9 Å². The molecule has 21 heavy (non-hydrogen) atoms. The summed E-state index contributed by atoms with van der Waals surface area (Å²) in [5, 5.41) is 2.20. The van der Waals surface area contributed by atoms with Crippen molar-refractivity contribution < 1.29 is 22.0 Å². The molecular formula is C14H11F2NO3S. The van der Waals surface area contributed by atoms with E-state index < -0.39 is 27.4 Å². The Kier molecular flexibility index (Phi) is 4.04. The molecule has 2 aromatic rings. The quantitative estimate of drug-likeness (QED) is 0.948. The van der Waals surface area contributed by atoms with E-state index in [1.165, 1.54) is 24.3 Å². The van der Waals surface area contributed by atoms with Crippen LogP contribution < -0.4 is 5.32 Å². The molecule has 0 saturated heterocycles. The van der Waals surface area contributed by atoms with E-state index in [-0.39, 0.29) is 16.1 Å². The summed E-state index contributed by atoms with van der Waals surface area (Å²) in [7, 11) is -3.46. The van der Waals surface area contributed by atoms with Gasteiger partial charge in [-0.25, -0.2) is 17.2 Å². The Balaban J connectivity index is 2.31. The predicted octanol–water partition coefficient (Wildman–Crippen LogP) is 2.62. The fourth-order valence-electron chi connectivity index (χ4n) is 1.66. The molecule has 0 aromatic heterocycles. The second kappa shape index (κ2) is 5.61. The number of amides is 1. The summed E-state index contributed by atoms with van der Waals surface area (Å²) < 4.78 is 49.3. The van der Waals surface area contributed by atoms with Crippen LogP contribution in [0.5, 0.6) is 0 Å². The molecule has 0 aliphatic heterocycles. The van der Waals surface area contributed by atoms with Gasteiger partial charge in [0.2, 0.25) is 0 Å². The Labute approximate surface area is 120 Å². The largest absolute Gasteiger partial charge is 0.319 e. The third-order valence-corrected chi connectivity index (χ3v) is 3.81. The zero-order valence-corrected chi connectivity index (χ0v) is 11.7. The Morgan fingerprint density at radius 3 is 2.48 bits per heavy atom. The molecule has 0 aliphatic carbocycles. The number of anilines is 1. The van der Waals surface area contributed by atoms with Crippen molar-refractivity contribution in [2.75, 3.05) is 11.6 Å². The normalized spacial score (nSPS) is 11.2. The Hall–Kier alpha value is -2.28. The summed E-state index contributed by atoms with van der Waals surface area (Å²) >= 11 is 0. The van der Waals surface area contributed by atoms with Crippen molar-refractivity contribution >= 4 is 21.4 Å². The number of hydrogen-bond acceptors (Lipinski definition) is 3. The van der Waals surface area contributed by atoms with Gasteiger partial charge in [0.25, 0.3) is 5.91 Å². The van der Waals surface area contributed by atoms with Crippen LogP contribution in [0.1, 0.15) is 10.4 Å². The van der Waals surface area contributed by atoms with Crippen LogP contribution in [-0.2, 0) is 9.84 Å². The molecule has 1 N–H and O–H groups in total. The highest BCUT2D eigenvalue weighted by Gasteiger charge is 2.13. The fourth-order valence-corrected chi connectivity index (χ4v) is 2.32. The van der Waals surface area contributed by atoms with E-state index in [4.69, 9.17) is 0 Å². The highest BCUT2D eigenvalue weighted by molar-refractivity contribution is 7.90. The number of rotatable bonds is 3. The molecule has 110 valence electrons. The molecule has 7 heteroatoms. The zero-order chi connectivity index (χ0) is 15.6. The van der Waals surface area contributed by atoms with Crippen LogP contribution in [0.4, 0.5) is 14.5 Å². The number of hydrogen-bond donors (Lipinski definition) is 1. The molecule has 0 fully saturated rings. The highest BCUT2D eigenvalue weighted by Crippen LogP contribution is 2.17. The van der Waals surface area contributed by atoms with E-state index in [1.807, 2.05) is 0 Å². The van der Waals surface area contributed by atoms with Gasteiger partial charge >= 0.3 is 0 Å². The van der Waals surface area contributed by atoms with Crippen molar-refractivity contribution in [3.63, 3.8) is 0 Å². The van der Waals surface area contributed by atoms with Gasteiger partial charge in [0.05, 0.1) is 10.6 Å². The van der Waals surface area contributed by atoms with Crippen LogP contribution in [0.3, 0.4) is 0 Å². The maximum absolute atomic E-state index is 13.4. The first-order valence-corrected chi connectivity index (χ1v) is 7.73. The van der Waals surface area contributed by atoms with Crippen molar-refractivity contribution in [3.05, 3.63) is 59.7 Å². The molecule has 0 spiro atoms. The molecule has 0 aliphatic rings. The summed E-state index contributed by atoms with van der Waals surface area (Å²) in [6, 6.07) is 7.94. The highest BCUT2D eigenvalue weighted by atomic mass is 32.2. The van der Waals surface area contributed by atoms with Gasteiger partial charge in [-0.05, 0) is 30.3 Å². The maximum Gasteiger partial charge on any atom is 0.255 e. The first kappa shape index (κ1) is 15.1. The summed E-state index contributed by atoms with van der Waals surface area (Å²) in [6.07, 6.45) is 1.01. The minimum absolute atomic E-state index is 0.0292. The minimum atomic E-state index is -3.46. The van der Waals surface area contributed by atoms with Crippen molar-refractivity contribution in [3.8, 4) is 0 Å². The van der Waals surface area contributed by atoms with Gasteiger partial charge in [-0.1, -0.05) is 6.07 Å². The zero-order valence-electron chi connectivity index (χ0n) is 10.9. The van der Waals surface area contributed by atoms with Gasteiger partial charge in [0.1, 0.15) is 11.6 Å². The van der Waals surface area contributed by atoms with Crippen LogP contribution in [0.25, 0.3) is 0 Å². The number of carbonyl (C=O) groups is 1. The first-order valence-electron chi connectivity index (χ1n) is 5.84. The molecule has 0 heterocycles. The van der Waals surface area contributed by atoms with Gasteiger partial charge in [-0.15, -0.1) is 0 Å². The standard InChI is InChI=1S/C14H11F2NO3S/c1-21(19,20)11-4-2-3-9(7-11)14(18)17-13-8-10(15)5-6-12(13)16/h2-8H,1H3,(H,17,18). The minimum Gasteiger partial charge on any atom is -0.319 e. The van der Waals surface area contributed by atoms with Gasteiger partial charge in [-0.2, -0.15) is 0 Å². The van der Waals surface area contributed by atoms with Gasteiger partial charge in [0.15, 0.2) is 9.84 Å². The molecule has 4 nitrogen and oxygen atoms in total. The monoisotopic (exact) mass is 311 g/mol. The Bertz CT molecular complexity index is 804. The molecule has 0 saturated carbocycles. The SMILES string of the molecule is CS(=O)(=O)c1cccc(C(=O)Nc2cc(F)ccc2F)c1. The lowest BCUT2D eigenvalue weighted by atomic mass is 10.2. The third-order valence-electron chi connectivity index (χ3n) is 2.70. The van der Waals surface area contributed by atoms with Gasteiger partial charge in [-0.3, -0.25) is 4.79 Å². The lowest BCUT2D eigenvalue weighted by Crippen LogP contribution is -2.14. The average molecular weight is 311 g/mol. The maximum atomic E-state index is 13.4. The van der Waals surface area contributed by atoms with Crippen molar-refractivity contribution in [1.29, 1.82) is 0 Å². The smallest absolute Gasteiger partial charge is 0.255 e. The van der Waals surface area contributed by atoms with Crippen LogP contribution >= 0.6 is 0 Å². The number of halogens is 2. The second-order valence-electron chi connectivity index (χ2n) is 4.38. The summed E-state index contributed by atoms with van der Waals surface area (Å²) in [5.41, 5.74) is -0.286. The number of benzene rings is 2. The third kappa shape index (κ3) is 3.63. The summed E-state index contributed by atoms with van der Waals surface area (Å²) in [5.74, 6) is -2.22. The molecule has 2 rings (SSSR count). The van der Waals surface area contributed by atoms with E-state index in [1.54, 1.807) is 0 Å². The number of sulfone groups is 1. The van der Waals surface area contributed by atoms with Crippen molar-refractivity contribution in [2.24, 2.45) is 0 Å². The van der Waals surface area contributed by atoms with Crippen molar-refractivity contribution in [1.82, 2.24) is 0 Å².